The lowest BCUT2D eigenvalue weighted by Gasteiger charge is -2.16. The second kappa shape index (κ2) is 10.5. The highest BCUT2D eigenvalue weighted by atomic mass is 16.4. The molecular formula is C13H23NO2. The van der Waals surface area contributed by atoms with Crippen molar-refractivity contribution in [2.24, 2.45) is 0 Å². The lowest BCUT2D eigenvalue weighted by molar-refractivity contribution is -0.138. The number of hydrogen-bond donors (Lipinski definition) is 1. The number of carboxylic acids is 1. The Bertz CT molecular complexity index is 220. The Labute approximate surface area is 98.8 Å². The molecule has 3 heteroatoms. The third kappa shape index (κ3) is 9.54. The molecule has 0 aromatic carbocycles. The van der Waals surface area contributed by atoms with E-state index in [1.54, 1.807) is 0 Å². The number of unbranched alkanes of at least 4 members (excludes halogenated alkanes) is 5. The van der Waals surface area contributed by atoms with E-state index < -0.39 is 5.97 Å². The largest absolute Gasteiger partial charge is 0.480 e. The van der Waals surface area contributed by atoms with Crippen LogP contribution in [0.5, 0.6) is 0 Å². The van der Waals surface area contributed by atoms with Crippen molar-refractivity contribution in [1.29, 1.82) is 0 Å². The van der Waals surface area contributed by atoms with E-state index in [4.69, 9.17) is 11.5 Å². The Kier molecular flexibility index (Phi) is 9.84. The summed E-state index contributed by atoms with van der Waals surface area (Å²) in [5.41, 5.74) is 0. The second-order valence-electron chi connectivity index (χ2n) is 4.08. The minimum Gasteiger partial charge on any atom is -0.480 e. The molecule has 0 bridgehead atoms. The van der Waals surface area contributed by atoms with Crippen LogP contribution in [0.15, 0.2) is 0 Å². The van der Waals surface area contributed by atoms with Gasteiger partial charge in [-0.05, 0) is 13.0 Å². The molecule has 0 aliphatic carbocycles. The fraction of sp³-hybridized carbons (Fsp3) is 0.769. The molecule has 0 rings (SSSR count). The van der Waals surface area contributed by atoms with Crippen molar-refractivity contribution in [3.63, 3.8) is 0 Å². The fourth-order valence-corrected chi connectivity index (χ4v) is 1.65. The average molecular weight is 225 g/mol. The molecule has 0 fully saturated rings. The van der Waals surface area contributed by atoms with Gasteiger partial charge in [-0.25, -0.2) is 0 Å². The molecule has 0 unspecified atom stereocenters. The Morgan fingerprint density at radius 2 is 1.88 bits per heavy atom. The first-order valence-electron chi connectivity index (χ1n) is 6.08. The van der Waals surface area contributed by atoms with Gasteiger partial charge in [-0.2, -0.15) is 0 Å². The molecule has 0 radical (unpaired) electrons. The molecular weight excluding hydrogens is 202 g/mol. The van der Waals surface area contributed by atoms with E-state index >= 15 is 0 Å². The standard InChI is InChI=1S/C13H23NO2/c1-3-5-6-7-8-9-11-14(10-4-2)12-13(15)16/h2H,3,5-12H2,1H3,(H,15,16). The number of carboxylic acid groups (broad SMARTS) is 1. The molecule has 16 heavy (non-hydrogen) atoms. The molecule has 92 valence electrons. The van der Waals surface area contributed by atoms with Gasteiger partial charge in [0.05, 0.1) is 13.1 Å². The molecule has 0 aromatic rings. The monoisotopic (exact) mass is 225 g/mol. The maximum atomic E-state index is 10.5. The Balaban J connectivity index is 3.52. The van der Waals surface area contributed by atoms with Gasteiger partial charge >= 0.3 is 5.97 Å². The summed E-state index contributed by atoms with van der Waals surface area (Å²) in [5.74, 6) is 1.69. The molecule has 0 aliphatic rings. The summed E-state index contributed by atoms with van der Waals surface area (Å²) < 4.78 is 0. The van der Waals surface area contributed by atoms with Crippen molar-refractivity contribution in [2.45, 2.75) is 45.4 Å². The quantitative estimate of drug-likeness (QED) is 0.458. The summed E-state index contributed by atoms with van der Waals surface area (Å²) in [6.07, 6.45) is 12.5. The van der Waals surface area contributed by atoms with Crippen molar-refractivity contribution in [3.8, 4) is 12.3 Å². The van der Waals surface area contributed by atoms with Crippen LogP contribution in [-0.4, -0.2) is 35.6 Å². The van der Waals surface area contributed by atoms with Crippen LogP contribution in [0.25, 0.3) is 0 Å². The number of nitrogens with zero attached hydrogens (tertiary/aromatic N) is 1. The molecule has 3 nitrogen and oxygen atoms in total. The van der Waals surface area contributed by atoms with E-state index in [9.17, 15) is 4.79 Å². The average Bonchev–Trinajstić information content (AvgIpc) is 2.22. The van der Waals surface area contributed by atoms with Gasteiger partial charge in [0, 0.05) is 0 Å². The van der Waals surface area contributed by atoms with Crippen LogP contribution < -0.4 is 0 Å². The Morgan fingerprint density at radius 1 is 1.25 bits per heavy atom. The lowest BCUT2D eigenvalue weighted by Crippen LogP contribution is -2.31. The van der Waals surface area contributed by atoms with E-state index in [2.05, 4.69) is 12.8 Å². The summed E-state index contributed by atoms with van der Waals surface area (Å²) >= 11 is 0. The van der Waals surface area contributed by atoms with Crippen molar-refractivity contribution >= 4 is 5.97 Å². The van der Waals surface area contributed by atoms with Crippen molar-refractivity contribution in [1.82, 2.24) is 4.90 Å². The summed E-state index contributed by atoms with van der Waals surface area (Å²) in [6, 6.07) is 0. The predicted molar refractivity (Wildman–Crippen MR) is 66.3 cm³/mol. The molecule has 0 spiro atoms. The number of rotatable bonds is 10. The maximum Gasteiger partial charge on any atom is 0.317 e. The van der Waals surface area contributed by atoms with Crippen molar-refractivity contribution < 1.29 is 9.90 Å². The topological polar surface area (TPSA) is 40.5 Å². The van der Waals surface area contributed by atoms with Gasteiger partial charge < -0.3 is 5.11 Å². The van der Waals surface area contributed by atoms with Gasteiger partial charge in [-0.15, -0.1) is 6.42 Å². The minimum atomic E-state index is -0.804. The summed E-state index contributed by atoms with van der Waals surface area (Å²) in [7, 11) is 0. The van der Waals surface area contributed by atoms with Crippen LogP contribution in [-0.2, 0) is 4.79 Å². The molecule has 1 N–H and O–H groups in total. The number of aliphatic carboxylic acids is 1. The van der Waals surface area contributed by atoms with Crippen molar-refractivity contribution in [2.75, 3.05) is 19.6 Å². The Morgan fingerprint density at radius 3 is 2.44 bits per heavy atom. The van der Waals surface area contributed by atoms with Gasteiger partial charge in [0.1, 0.15) is 0 Å². The van der Waals surface area contributed by atoms with E-state index in [-0.39, 0.29) is 6.54 Å². The third-order valence-electron chi connectivity index (χ3n) is 2.50. The number of hydrogen-bond acceptors (Lipinski definition) is 2. The van der Waals surface area contributed by atoms with Gasteiger partial charge in [-0.1, -0.05) is 44.9 Å². The molecule has 0 heterocycles. The van der Waals surface area contributed by atoms with Crippen LogP contribution >= 0.6 is 0 Å². The summed E-state index contributed by atoms with van der Waals surface area (Å²) in [4.78, 5) is 12.4. The smallest absolute Gasteiger partial charge is 0.317 e. The number of terminal acetylenes is 1. The van der Waals surface area contributed by atoms with Crippen LogP contribution in [0, 0.1) is 12.3 Å². The van der Waals surface area contributed by atoms with Crippen LogP contribution in [0.4, 0.5) is 0 Å². The highest BCUT2D eigenvalue weighted by molar-refractivity contribution is 5.69. The first-order valence-corrected chi connectivity index (χ1v) is 6.08. The predicted octanol–water partition coefficient (Wildman–Crippen LogP) is 2.37. The first kappa shape index (κ1) is 15.0. The van der Waals surface area contributed by atoms with Gasteiger partial charge in [0.15, 0.2) is 0 Å². The molecule has 0 saturated carbocycles. The molecule has 0 aromatic heterocycles. The zero-order valence-corrected chi connectivity index (χ0v) is 10.2. The zero-order valence-electron chi connectivity index (χ0n) is 10.2. The van der Waals surface area contributed by atoms with Crippen LogP contribution in [0.1, 0.15) is 45.4 Å². The minimum absolute atomic E-state index is 0.0547. The van der Waals surface area contributed by atoms with E-state index in [1.165, 1.54) is 32.1 Å². The van der Waals surface area contributed by atoms with E-state index in [0.717, 1.165) is 13.0 Å². The summed E-state index contributed by atoms with van der Waals surface area (Å²) in [5, 5.41) is 8.67. The van der Waals surface area contributed by atoms with Gasteiger partial charge in [-0.3, -0.25) is 9.69 Å². The van der Waals surface area contributed by atoms with E-state index in [0.29, 0.717) is 6.54 Å². The molecule has 0 amide bonds. The fourth-order valence-electron chi connectivity index (χ4n) is 1.65. The van der Waals surface area contributed by atoms with Gasteiger partial charge in [0.2, 0.25) is 0 Å². The zero-order chi connectivity index (χ0) is 12.2. The van der Waals surface area contributed by atoms with Crippen LogP contribution in [0.2, 0.25) is 0 Å². The molecule has 0 aliphatic heterocycles. The lowest BCUT2D eigenvalue weighted by atomic mass is 10.1. The normalized spacial score (nSPS) is 10.3. The van der Waals surface area contributed by atoms with E-state index in [1.807, 2.05) is 4.90 Å². The highest BCUT2D eigenvalue weighted by Gasteiger charge is 2.07. The molecule has 0 saturated heterocycles. The van der Waals surface area contributed by atoms with Crippen LogP contribution in [0.3, 0.4) is 0 Å². The van der Waals surface area contributed by atoms with Crippen molar-refractivity contribution in [3.05, 3.63) is 0 Å². The number of carbonyl (C=O) groups is 1. The second-order valence-corrected chi connectivity index (χ2v) is 4.08. The highest BCUT2D eigenvalue weighted by Crippen LogP contribution is 2.05. The third-order valence-corrected chi connectivity index (χ3v) is 2.50. The first-order chi connectivity index (χ1) is 7.70. The summed E-state index contributed by atoms with van der Waals surface area (Å²) in [6.45, 7) is 3.48. The van der Waals surface area contributed by atoms with Gasteiger partial charge in [0.25, 0.3) is 0 Å². The molecule has 0 atom stereocenters. The maximum absolute atomic E-state index is 10.5. The SMILES string of the molecule is C#CCN(CCCCCCCC)CC(=O)O. The Hall–Kier alpha value is -1.01.